The normalized spacial score (nSPS) is 17.9. The van der Waals surface area contributed by atoms with Crippen LogP contribution in [0.15, 0.2) is 24.3 Å². The highest BCUT2D eigenvalue weighted by Gasteiger charge is 2.22. The average Bonchev–Trinajstić information content (AvgIpc) is 2.62. The van der Waals surface area contributed by atoms with E-state index in [1.165, 1.54) is 7.11 Å². The van der Waals surface area contributed by atoms with E-state index < -0.39 is 25.4 Å². The minimum Gasteiger partial charge on any atom is -0.387 e. The van der Waals surface area contributed by atoms with Gasteiger partial charge in [-0.15, -0.1) is 0 Å². The van der Waals surface area contributed by atoms with Crippen molar-refractivity contribution in [2.75, 3.05) is 51.5 Å². The van der Waals surface area contributed by atoms with Crippen LogP contribution in [0.4, 0.5) is 10.1 Å². The van der Waals surface area contributed by atoms with Crippen LogP contribution in [0.1, 0.15) is 11.7 Å². The molecule has 2 unspecified atom stereocenters. The van der Waals surface area contributed by atoms with Crippen molar-refractivity contribution in [3.8, 4) is 0 Å². The van der Waals surface area contributed by atoms with Gasteiger partial charge in [0.25, 0.3) is 0 Å². The maximum absolute atomic E-state index is 12.7. The molecular formula is C16H24FN3O3. The molecule has 1 heterocycles. The van der Waals surface area contributed by atoms with Gasteiger partial charge in [-0.25, -0.2) is 4.39 Å². The molecule has 0 aliphatic carbocycles. The van der Waals surface area contributed by atoms with E-state index in [1.54, 1.807) is 4.90 Å². The van der Waals surface area contributed by atoms with Crippen LogP contribution in [-0.4, -0.2) is 68.5 Å². The predicted octanol–water partition coefficient (Wildman–Crippen LogP) is 0.312. The van der Waals surface area contributed by atoms with Gasteiger partial charge in [0.05, 0.1) is 12.1 Å². The third-order valence-electron chi connectivity index (χ3n) is 4.18. The maximum Gasteiger partial charge on any atom is 0.248 e. The topological polar surface area (TPSA) is 79.0 Å². The molecule has 1 fully saturated rings. The maximum atomic E-state index is 12.7. The summed E-state index contributed by atoms with van der Waals surface area (Å²) in [4.78, 5) is 15.3. The first-order chi connectivity index (χ1) is 11.1. The molecule has 7 heteroatoms. The highest BCUT2D eigenvalue weighted by Crippen LogP contribution is 2.24. The third-order valence-corrected chi connectivity index (χ3v) is 4.18. The number of nitrogens with zero attached hydrogens (tertiary/aromatic N) is 2. The van der Waals surface area contributed by atoms with E-state index in [0.717, 1.165) is 11.3 Å². The van der Waals surface area contributed by atoms with Crippen LogP contribution in [0.3, 0.4) is 0 Å². The Balaban J connectivity index is 1.99. The molecule has 0 aromatic heterocycles. The summed E-state index contributed by atoms with van der Waals surface area (Å²) in [5, 5.41) is 8.89. The van der Waals surface area contributed by atoms with Gasteiger partial charge in [-0.2, -0.15) is 0 Å². The Morgan fingerprint density at radius 2 is 1.91 bits per heavy atom. The van der Waals surface area contributed by atoms with Crippen molar-refractivity contribution >= 4 is 11.6 Å². The monoisotopic (exact) mass is 325 g/mol. The molecule has 3 N–H and O–H groups in total. The Morgan fingerprint density at radius 1 is 1.30 bits per heavy atom. The van der Waals surface area contributed by atoms with Crippen LogP contribution < -0.4 is 10.6 Å². The van der Waals surface area contributed by atoms with Gasteiger partial charge in [0.1, 0.15) is 13.3 Å². The quantitative estimate of drug-likeness (QED) is 0.787. The lowest BCUT2D eigenvalue weighted by atomic mass is 10.0. The molecule has 2 atom stereocenters. The molecule has 0 bridgehead atoms. The molecule has 1 aromatic carbocycles. The lowest BCUT2D eigenvalue weighted by Crippen LogP contribution is -2.49. The number of rotatable bonds is 6. The van der Waals surface area contributed by atoms with E-state index in [1.807, 2.05) is 24.3 Å². The van der Waals surface area contributed by atoms with Crippen LogP contribution in [0, 0.1) is 0 Å². The summed E-state index contributed by atoms with van der Waals surface area (Å²) in [6.07, 6.45) is -0.465. The molecule has 1 aromatic rings. The minimum atomic E-state index is -0.682. The highest BCUT2D eigenvalue weighted by atomic mass is 19.1. The van der Waals surface area contributed by atoms with Crippen LogP contribution in [0.5, 0.6) is 0 Å². The van der Waals surface area contributed by atoms with Crippen LogP contribution in [0.25, 0.3) is 0 Å². The first-order valence-electron chi connectivity index (χ1n) is 7.68. The van der Waals surface area contributed by atoms with E-state index in [2.05, 4.69) is 4.90 Å². The number of anilines is 1. The Labute approximate surface area is 135 Å². The lowest BCUT2D eigenvalue weighted by molar-refractivity contribution is -0.134. The first-order valence-corrected chi connectivity index (χ1v) is 7.68. The number of nitrogens with two attached hydrogens (primary N) is 1. The number of hydrogen-bond acceptors (Lipinski definition) is 5. The number of aliphatic hydroxyl groups excluding tert-OH is 1. The zero-order chi connectivity index (χ0) is 16.8. The van der Waals surface area contributed by atoms with Crippen LogP contribution >= 0.6 is 0 Å². The van der Waals surface area contributed by atoms with E-state index in [9.17, 15) is 9.18 Å². The van der Waals surface area contributed by atoms with Gasteiger partial charge < -0.3 is 25.4 Å². The second-order valence-electron chi connectivity index (χ2n) is 5.59. The van der Waals surface area contributed by atoms with Crippen LogP contribution in [-0.2, 0) is 9.53 Å². The fraction of sp³-hybridized carbons (Fsp3) is 0.562. The van der Waals surface area contributed by atoms with Gasteiger partial charge in [0.15, 0.2) is 0 Å². The standard InChI is InChI=1S/C16H24FN3O3/c1-23-16(14(18)10-17)12-2-4-13(5-3-12)19-6-8-20(9-7-19)15(22)11-21/h2-5,14,16,21H,6-11,18H2,1H3. The summed E-state index contributed by atoms with van der Waals surface area (Å²) in [5.41, 5.74) is 7.61. The largest absolute Gasteiger partial charge is 0.387 e. The molecule has 0 saturated carbocycles. The van der Waals surface area contributed by atoms with Crippen molar-refractivity contribution in [2.24, 2.45) is 5.73 Å². The molecule has 2 rings (SSSR count). The molecule has 0 spiro atoms. The molecular weight excluding hydrogens is 301 g/mol. The van der Waals surface area contributed by atoms with Gasteiger partial charge >= 0.3 is 0 Å². The molecule has 0 radical (unpaired) electrons. The number of carbonyl (C=O) groups is 1. The number of benzene rings is 1. The SMILES string of the molecule is COC(c1ccc(N2CCN(C(=O)CO)CC2)cc1)C(N)CF. The Bertz CT molecular complexity index is 504. The molecule has 1 aliphatic heterocycles. The smallest absolute Gasteiger partial charge is 0.248 e. The van der Waals surface area contributed by atoms with E-state index in [4.69, 9.17) is 15.6 Å². The van der Waals surface area contributed by atoms with E-state index in [-0.39, 0.29) is 5.91 Å². The number of hydrogen-bond donors (Lipinski definition) is 2. The van der Waals surface area contributed by atoms with Gasteiger partial charge in [-0.05, 0) is 17.7 Å². The van der Waals surface area contributed by atoms with Crippen molar-refractivity contribution in [1.29, 1.82) is 0 Å². The zero-order valence-electron chi connectivity index (χ0n) is 13.3. The summed E-state index contributed by atoms with van der Waals surface area (Å²) in [7, 11) is 1.52. The summed E-state index contributed by atoms with van der Waals surface area (Å²) in [6, 6.07) is 7.01. The van der Waals surface area contributed by atoms with Crippen molar-refractivity contribution in [3.05, 3.63) is 29.8 Å². The van der Waals surface area contributed by atoms with Gasteiger partial charge in [-0.1, -0.05) is 12.1 Å². The number of piperazine rings is 1. The molecule has 6 nitrogen and oxygen atoms in total. The highest BCUT2D eigenvalue weighted by molar-refractivity contribution is 5.77. The van der Waals surface area contributed by atoms with Gasteiger partial charge in [-0.3, -0.25) is 4.79 Å². The van der Waals surface area contributed by atoms with E-state index >= 15 is 0 Å². The zero-order valence-corrected chi connectivity index (χ0v) is 13.3. The summed E-state index contributed by atoms with van der Waals surface area (Å²) >= 11 is 0. The Hall–Kier alpha value is -1.70. The average molecular weight is 325 g/mol. The van der Waals surface area contributed by atoms with E-state index in [0.29, 0.717) is 26.2 Å². The number of methoxy groups -OCH3 is 1. The third kappa shape index (κ3) is 4.19. The fourth-order valence-electron chi connectivity index (χ4n) is 2.83. The predicted molar refractivity (Wildman–Crippen MR) is 86.0 cm³/mol. The second-order valence-corrected chi connectivity index (χ2v) is 5.59. The Kier molecular flexibility index (Phi) is 6.32. The lowest BCUT2D eigenvalue weighted by Gasteiger charge is -2.36. The van der Waals surface area contributed by atoms with Gasteiger partial charge in [0.2, 0.25) is 5.91 Å². The second kappa shape index (κ2) is 8.24. The molecule has 1 aliphatic rings. The number of carbonyl (C=O) groups excluding carboxylic acids is 1. The molecule has 1 saturated heterocycles. The van der Waals surface area contributed by atoms with Crippen molar-refractivity contribution in [1.82, 2.24) is 4.90 Å². The van der Waals surface area contributed by atoms with Crippen LogP contribution in [0.2, 0.25) is 0 Å². The number of halogens is 1. The van der Waals surface area contributed by atoms with Crippen molar-refractivity contribution in [3.63, 3.8) is 0 Å². The fourth-order valence-corrected chi connectivity index (χ4v) is 2.83. The summed E-state index contributed by atoms with van der Waals surface area (Å²) < 4.78 is 18.0. The first kappa shape index (κ1) is 17.7. The number of amides is 1. The Morgan fingerprint density at radius 3 is 2.39 bits per heavy atom. The molecule has 128 valence electrons. The molecule has 1 amide bonds. The number of ether oxygens (including phenoxy) is 1. The van der Waals surface area contributed by atoms with Gasteiger partial charge in [0, 0.05) is 39.0 Å². The summed E-state index contributed by atoms with van der Waals surface area (Å²) in [6.45, 7) is 1.53. The summed E-state index contributed by atoms with van der Waals surface area (Å²) in [5.74, 6) is -0.233. The number of alkyl halides is 1. The number of aliphatic hydroxyl groups is 1. The van der Waals surface area contributed by atoms with Crippen molar-refractivity contribution in [2.45, 2.75) is 12.1 Å². The minimum absolute atomic E-state index is 0.233. The van der Waals surface area contributed by atoms with Crippen molar-refractivity contribution < 1.29 is 19.0 Å². The molecule has 23 heavy (non-hydrogen) atoms.